The molecule has 1 rings (SSSR count). The van der Waals surface area contributed by atoms with Crippen molar-refractivity contribution < 1.29 is 29.0 Å². The van der Waals surface area contributed by atoms with Crippen LogP contribution in [-0.2, 0) is 23.9 Å². The van der Waals surface area contributed by atoms with E-state index in [1.165, 1.54) is 13.8 Å². The number of nitrogens with zero attached hydrogens (tertiary/aromatic N) is 1. The molecule has 0 radical (unpaired) electrons. The molecule has 7 nitrogen and oxygen atoms in total. The van der Waals surface area contributed by atoms with Crippen molar-refractivity contribution in [1.82, 2.24) is 4.90 Å². The number of aliphatic carboxylic acids is 1. The van der Waals surface area contributed by atoms with E-state index in [9.17, 15) is 19.2 Å². The molecule has 1 unspecified atom stereocenters. The summed E-state index contributed by atoms with van der Waals surface area (Å²) in [6, 6.07) is -0.228. The second kappa shape index (κ2) is 9.89. The zero-order chi connectivity index (χ0) is 18.0. The molecular formula is C16H25NO6. The van der Waals surface area contributed by atoms with Crippen LogP contribution in [-0.4, -0.2) is 60.3 Å². The topological polar surface area (TPSA) is 101 Å². The Bertz CT molecular complexity index is 457. The number of carboxylic acids is 1. The minimum Gasteiger partial charge on any atom is -0.480 e. The number of ketones is 1. The van der Waals surface area contributed by atoms with Crippen LogP contribution in [0.4, 0.5) is 0 Å². The van der Waals surface area contributed by atoms with E-state index >= 15 is 0 Å². The van der Waals surface area contributed by atoms with Crippen LogP contribution >= 0.6 is 0 Å². The van der Waals surface area contributed by atoms with Gasteiger partial charge in [-0.3, -0.25) is 19.3 Å². The lowest BCUT2D eigenvalue weighted by molar-refractivity contribution is -0.146. The Hall–Kier alpha value is -2.02. The average Bonchev–Trinajstić information content (AvgIpc) is 2.52. The molecule has 23 heavy (non-hydrogen) atoms. The summed E-state index contributed by atoms with van der Waals surface area (Å²) in [6.45, 7) is 7.06. The highest BCUT2D eigenvalue weighted by Gasteiger charge is 2.28. The first-order valence-corrected chi connectivity index (χ1v) is 7.37. The van der Waals surface area contributed by atoms with Crippen LogP contribution in [0, 0.1) is 5.41 Å². The minimum atomic E-state index is -0.958. The van der Waals surface area contributed by atoms with Gasteiger partial charge >= 0.3 is 11.9 Å². The number of carboxylic acid groups (broad SMARTS) is 1. The highest BCUT2D eigenvalue weighted by atomic mass is 16.5. The van der Waals surface area contributed by atoms with E-state index in [1.54, 1.807) is 0 Å². The molecule has 0 aromatic rings. The van der Waals surface area contributed by atoms with Crippen molar-refractivity contribution in [3.05, 3.63) is 12.7 Å². The van der Waals surface area contributed by atoms with Gasteiger partial charge in [-0.1, -0.05) is 13.0 Å². The molecule has 0 spiro atoms. The quantitative estimate of drug-likeness (QED) is 0.337. The zero-order valence-corrected chi connectivity index (χ0v) is 13.9. The van der Waals surface area contributed by atoms with E-state index in [0.29, 0.717) is 0 Å². The summed E-state index contributed by atoms with van der Waals surface area (Å²) in [4.78, 5) is 44.2. The second-order valence-corrected chi connectivity index (χ2v) is 6.01. The molecule has 1 heterocycles. The van der Waals surface area contributed by atoms with Gasteiger partial charge in [0.1, 0.15) is 12.6 Å². The van der Waals surface area contributed by atoms with E-state index < -0.39 is 23.1 Å². The van der Waals surface area contributed by atoms with E-state index in [0.717, 1.165) is 31.9 Å². The third-order valence-electron chi connectivity index (χ3n) is 3.57. The molecule has 7 heteroatoms. The van der Waals surface area contributed by atoms with Crippen molar-refractivity contribution in [3.8, 4) is 0 Å². The van der Waals surface area contributed by atoms with Crippen LogP contribution < -0.4 is 0 Å². The third-order valence-corrected chi connectivity index (χ3v) is 3.57. The van der Waals surface area contributed by atoms with Gasteiger partial charge in [0.2, 0.25) is 5.78 Å². The lowest BCUT2D eigenvalue weighted by Gasteiger charge is -2.28. The van der Waals surface area contributed by atoms with Crippen molar-refractivity contribution >= 4 is 24.0 Å². The number of hydrogen-bond acceptors (Lipinski definition) is 6. The smallest absolute Gasteiger partial charge is 0.330 e. The minimum absolute atomic E-state index is 0.116. The molecule has 0 amide bonds. The van der Waals surface area contributed by atoms with Crippen molar-refractivity contribution in [2.24, 2.45) is 5.41 Å². The second-order valence-electron chi connectivity index (χ2n) is 6.01. The number of rotatable bonds is 6. The highest BCUT2D eigenvalue weighted by molar-refractivity contribution is 6.27. The summed E-state index contributed by atoms with van der Waals surface area (Å²) < 4.78 is 4.64. The number of ether oxygens (including phenoxy) is 1. The highest BCUT2D eigenvalue weighted by Crippen LogP contribution is 2.16. The molecule has 0 saturated carbocycles. The first kappa shape index (κ1) is 21.0. The number of piperidine rings is 1. The molecule has 1 saturated heterocycles. The Balaban J connectivity index is 0.000000433. The van der Waals surface area contributed by atoms with Gasteiger partial charge in [0.05, 0.1) is 5.41 Å². The molecule has 1 aliphatic heterocycles. The third kappa shape index (κ3) is 7.69. The summed E-state index contributed by atoms with van der Waals surface area (Å²) in [5.74, 6) is -1.88. The zero-order valence-electron chi connectivity index (χ0n) is 13.9. The van der Waals surface area contributed by atoms with Crippen LogP contribution in [0.3, 0.4) is 0 Å². The van der Waals surface area contributed by atoms with E-state index in [2.05, 4.69) is 11.3 Å². The summed E-state index contributed by atoms with van der Waals surface area (Å²) in [6.07, 6.45) is 4.23. The predicted octanol–water partition coefficient (Wildman–Crippen LogP) is 1.07. The summed E-state index contributed by atoms with van der Waals surface area (Å²) >= 11 is 0. The Morgan fingerprint density at radius 3 is 2.35 bits per heavy atom. The molecule has 1 fully saturated rings. The molecule has 130 valence electrons. The van der Waals surface area contributed by atoms with Crippen LogP contribution in [0.15, 0.2) is 12.7 Å². The van der Waals surface area contributed by atoms with Gasteiger partial charge in [0.15, 0.2) is 6.29 Å². The average molecular weight is 327 g/mol. The van der Waals surface area contributed by atoms with Gasteiger partial charge in [-0.15, -0.1) is 0 Å². The van der Waals surface area contributed by atoms with Gasteiger partial charge in [-0.25, -0.2) is 4.79 Å². The predicted molar refractivity (Wildman–Crippen MR) is 83.9 cm³/mol. The van der Waals surface area contributed by atoms with Gasteiger partial charge < -0.3 is 9.84 Å². The van der Waals surface area contributed by atoms with Gasteiger partial charge in [-0.05, 0) is 40.3 Å². The Labute approximate surface area is 136 Å². The molecule has 0 aromatic carbocycles. The van der Waals surface area contributed by atoms with E-state index in [1.807, 2.05) is 11.9 Å². The fourth-order valence-electron chi connectivity index (χ4n) is 1.93. The number of likely N-dealkylation sites (tertiary alicyclic amines) is 1. The number of esters is 1. The number of hydrogen-bond donors (Lipinski definition) is 1. The van der Waals surface area contributed by atoms with Crippen LogP contribution in [0.25, 0.3) is 0 Å². The number of carbonyl (C=O) groups excluding carboxylic acids is 3. The maximum Gasteiger partial charge on any atom is 0.330 e. The van der Waals surface area contributed by atoms with Crippen molar-refractivity contribution in [1.29, 1.82) is 0 Å². The van der Waals surface area contributed by atoms with Gasteiger partial charge in [0, 0.05) is 6.08 Å². The lowest BCUT2D eigenvalue weighted by Crippen LogP contribution is -2.41. The fourth-order valence-corrected chi connectivity index (χ4v) is 1.93. The maximum atomic E-state index is 10.9. The monoisotopic (exact) mass is 327 g/mol. The molecule has 0 aliphatic carbocycles. The first-order valence-electron chi connectivity index (χ1n) is 7.37. The largest absolute Gasteiger partial charge is 0.480 e. The molecule has 1 atom stereocenters. The SMILES string of the molecule is C=CC(=O)OCC(C)(C)C(=O)C=O.CN1CCCCC1C(=O)O. The van der Waals surface area contributed by atoms with Gasteiger partial charge in [0.25, 0.3) is 0 Å². The number of likely N-dealkylation sites (N-methyl/N-ethyl adjacent to an activating group) is 1. The van der Waals surface area contributed by atoms with Crippen molar-refractivity contribution in [2.45, 2.75) is 39.2 Å². The lowest BCUT2D eigenvalue weighted by atomic mass is 9.90. The number of carbonyl (C=O) groups is 4. The number of Topliss-reactive ketones (excluding diaryl/α,β-unsaturated/α-hetero) is 1. The maximum absolute atomic E-state index is 10.9. The normalized spacial score (nSPS) is 18.1. The molecule has 1 N–H and O–H groups in total. The van der Waals surface area contributed by atoms with Crippen LogP contribution in [0.1, 0.15) is 33.1 Å². The Kier molecular flexibility index (Phi) is 9.02. The first-order chi connectivity index (χ1) is 10.7. The molecular weight excluding hydrogens is 302 g/mol. The van der Waals surface area contributed by atoms with Crippen LogP contribution in [0.2, 0.25) is 0 Å². The molecule has 1 aliphatic rings. The summed E-state index contributed by atoms with van der Waals surface area (Å²) in [7, 11) is 1.87. The summed E-state index contributed by atoms with van der Waals surface area (Å²) in [5.41, 5.74) is -0.958. The Morgan fingerprint density at radius 2 is 1.96 bits per heavy atom. The standard InChI is InChI=1S/C9H12O4.C7H13NO2/c1-4-8(12)13-6-9(2,3)7(11)5-10;1-8-5-3-2-4-6(8)7(9)10/h4-5H,1,6H2,2-3H3;6H,2-5H2,1H3,(H,9,10). The van der Waals surface area contributed by atoms with Crippen molar-refractivity contribution in [3.63, 3.8) is 0 Å². The molecule has 0 aromatic heterocycles. The summed E-state index contributed by atoms with van der Waals surface area (Å²) in [5, 5.41) is 8.67. The van der Waals surface area contributed by atoms with Crippen molar-refractivity contribution in [2.75, 3.05) is 20.2 Å². The van der Waals surface area contributed by atoms with Gasteiger partial charge in [-0.2, -0.15) is 0 Å². The fraction of sp³-hybridized carbons (Fsp3) is 0.625. The molecule has 0 bridgehead atoms. The van der Waals surface area contributed by atoms with Crippen LogP contribution in [0.5, 0.6) is 0 Å². The number of aldehydes is 1. The Morgan fingerprint density at radius 1 is 1.35 bits per heavy atom. The van der Waals surface area contributed by atoms with E-state index in [4.69, 9.17) is 5.11 Å². The van der Waals surface area contributed by atoms with E-state index in [-0.39, 0.29) is 18.9 Å².